The molecule has 0 saturated carbocycles. The number of likely N-dealkylation sites (N-methyl/N-ethyl adjacent to an activating group) is 2. The highest BCUT2D eigenvalue weighted by molar-refractivity contribution is 5.86. The first-order valence-corrected chi connectivity index (χ1v) is 7.41. The van der Waals surface area contributed by atoms with Gasteiger partial charge in [-0.2, -0.15) is 0 Å². The Kier molecular flexibility index (Phi) is 5.20. The largest absolute Gasteiger partial charge is 0.492 e. The molecule has 1 heterocycles. The van der Waals surface area contributed by atoms with E-state index in [-0.39, 0.29) is 24.3 Å². The van der Waals surface area contributed by atoms with Gasteiger partial charge in [0.15, 0.2) is 0 Å². The molecule has 1 aliphatic rings. The maximum Gasteiger partial charge on any atom is 0.239 e. The summed E-state index contributed by atoms with van der Waals surface area (Å²) in [7, 11) is 0. The molecule has 1 unspecified atom stereocenters. The highest BCUT2D eigenvalue weighted by atomic mass is 16.5. The monoisotopic (exact) mass is 290 g/mol. The lowest BCUT2D eigenvalue weighted by atomic mass is 9.95. The van der Waals surface area contributed by atoms with E-state index < -0.39 is 0 Å². The molecule has 0 saturated heterocycles. The molecule has 1 aliphatic heterocycles. The van der Waals surface area contributed by atoms with E-state index in [2.05, 4.69) is 5.32 Å². The second kappa shape index (κ2) is 7.11. The molecule has 0 spiro atoms. The molecular weight excluding hydrogens is 268 g/mol. The summed E-state index contributed by atoms with van der Waals surface area (Å²) in [6, 6.07) is 7.77. The number of nitrogens with one attached hydrogen (secondary N) is 1. The van der Waals surface area contributed by atoms with Crippen molar-refractivity contribution in [3.05, 3.63) is 29.8 Å². The molecule has 5 heteroatoms. The van der Waals surface area contributed by atoms with Crippen LogP contribution in [0.1, 0.15) is 19.4 Å². The normalized spacial score (nSPS) is 16.6. The van der Waals surface area contributed by atoms with Crippen molar-refractivity contribution in [3.8, 4) is 5.75 Å². The maximum atomic E-state index is 12.5. The van der Waals surface area contributed by atoms with E-state index in [1.165, 1.54) is 0 Å². The van der Waals surface area contributed by atoms with E-state index in [0.717, 1.165) is 11.3 Å². The summed E-state index contributed by atoms with van der Waals surface area (Å²) in [5.41, 5.74) is 1.05. The molecule has 114 valence electrons. The molecule has 1 aromatic carbocycles. The first-order valence-electron chi connectivity index (χ1n) is 7.41. The van der Waals surface area contributed by atoms with Crippen LogP contribution in [0.4, 0.5) is 0 Å². The van der Waals surface area contributed by atoms with Gasteiger partial charge in [-0.3, -0.25) is 9.59 Å². The number of hydrogen-bond acceptors (Lipinski definition) is 3. The summed E-state index contributed by atoms with van der Waals surface area (Å²) in [5.74, 6) is 0.505. The average Bonchev–Trinajstić information content (AvgIpc) is 2.51. The van der Waals surface area contributed by atoms with Crippen molar-refractivity contribution in [2.75, 3.05) is 26.2 Å². The number of carbonyl (C=O) groups is 2. The summed E-state index contributed by atoms with van der Waals surface area (Å²) in [6.45, 7) is 5.33. The van der Waals surface area contributed by atoms with Crippen molar-refractivity contribution in [2.24, 2.45) is 5.92 Å². The van der Waals surface area contributed by atoms with Crippen LogP contribution in [0.15, 0.2) is 24.3 Å². The predicted octanol–water partition coefficient (Wildman–Crippen LogP) is 1.22. The molecule has 0 aromatic heterocycles. The van der Waals surface area contributed by atoms with Crippen LogP contribution in [0, 0.1) is 5.92 Å². The Morgan fingerprint density at radius 1 is 1.33 bits per heavy atom. The number of nitrogens with zero attached hydrogens (tertiary/aromatic N) is 1. The zero-order chi connectivity index (χ0) is 15.2. The highest BCUT2D eigenvalue weighted by Crippen LogP contribution is 2.27. The van der Waals surface area contributed by atoms with Crippen molar-refractivity contribution in [1.82, 2.24) is 10.2 Å². The second-order valence-corrected chi connectivity index (χ2v) is 5.13. The van der Waals surface area contributed by atoms with Gasteiger partial charge in [0.05, 0.1) is 12.5 Å². The first-order chi connectivity index (χ1) is 10.2. The fourth-order valence-electron chi connectivity index (χ4n) is 2.52. The Morgan fingerprint density at radius 3 is 2.81 bits per heavy atom. The minimum absolute atomic E-state index is 0.0155. The van der Waals surface area contributed by atoms with Crippen molar-refractivity contribution in [2.45, 2.75) is 20.3 Å². The van der Waals surface area contributed by atoms with E-state index in [4.69, 9.17) is 4.74 Å². The zero-order valence-corrected chi connectivity index (χ0v) is 12.6. The number of para-hydroxylation sites is 1. The molecular formula is C16H22N2O3. The van der Waals surface area contributed by atoms with E-state index in [1.54, 1.807) is 4.90 Å². The predicted molar refractivity (Wildman–Crippen MR) is 80.1 cm³/mol. The van der Waals surface area contributed by atoms with Crippen LogP contribution in [-0.2, 0) is 16.0 Å². The SMILES string of the molecule is CCNC(=O)CN(CC)C(=O)C1COc2ccccc2C1. The van der Waals surface area contributed by atoms with Gasteiger partial charge in [0.1, 0.15) is 12.4 Å². The molecule has 2 amide bonds. The van der Waals surface area contributed by atoms with Crippen LogP contribution in [-0.4, -0.2) is 43.0 Å². The summed E-state index contributed by atoms with van der Waals surface area (Å²) < 4.78 is 5.66. The van der Waals surface area contributed by atoms with E-state index >= 15 is 0 Å². The zero-order valence-electron chi connectivity index (χ0n) is 12.6. The van der Waals surface area contributed by atoms with E-state index in [1.807, 2.05) is 38.1 Å². The molecule has 5 nitrogen and oxygen atoms in total. The molecule has 1 N–H and O–H groups in total. The average molecular weight is 290 g/mol. The quantitative estimate of drug-likeness (QED) is 0.887. The summed E-state index contributed by atoms with van der Waals surface area (Å²) in [5, 5.41) is 2.72. The van der Waals surface area contributed by atoms with Crippen LogP contribution >= 0.6 is 0 Å². The van der Waals surface area contributed by atoms with Gasteiger partial charge in [0, 0.05) is 13.1 Å². The molecule has 0 fully saturated rings. The molecule has 0 bridgehead atoms. The van der Waals surface area contributed by atoms with E-state index in [0.29, 0.717) is 26.1 Å². The molecule has 0 aliphatic carbocycles. The van der Waals surface area contributed by atoms with Crippen LogP contribution in [0.5, 0.6) is 5.75 Å². The summed E-state index contributed by atoms with van der Waals surface area (Å²) in [4.78, 5) is 25.8. The Bertz CT molecular complexity index is 516. The Balaban J connectivity index is 2.01. The van der Waals surface area contributed by atoms with Crippen molar-refractivity contribution < 1.29 is 14.3 Å². The lowest BCUT2D eigenvalue weighted by Gasteiger charge is -2.29. The topological polar surface area (TPSA) is 58.6 Å². The Hall–Kier alpha value is -2.04. The van der Waals surface area contributed by atoms with Crippen molar-refractivity contribution in [3.63, 3.8) is 0 Å². The lowest BCUT2D eigenvalue weighted by molar-refractivity contribution is -0.140. The molecule has 1 atom stereocenters. The van der Waals surface area contributed by atoms with Gasteiger partial charge in [-0.25, -0.2) is 0 Å². The molecule has 0 radical (unpaired) electrons. The van der Waals surface area contributed by atoms with Crippen LogP contribution in [0.25, 0.3) is 0 Å². The maximum absolute atomic E-state index is 12.5. The fourth-order valence-corrected chi connectivity index (χ4v) is 2.52. The number of benzene rings is 1. The van der Waals surface area contributed by atoms with Crippen LogP contribution in [0.3, 0.4) is 0 Å². The van der Waals surface area contributed by atoms with Gasteiger partial charge in [0.2, 0.25) is 11.8 Å². The third kappa shape index (κ3) is 3.74. The van der Waals surface area contributed by atoms with Crippen LogP contribution < -0.4 is 10.1 Å². The van der Waals surface area contributed by atoms with Gasteiger partial charge in [-0.05, 0) is 31.9 Å². The van der Waals surface area contributed by atoms with Gasteiger partial charge >= 0.3 is 0 Å². The number of rotatable bonds is 5. The van der Waals surface area contributed by atoms with E-state index in [9.17, 15) is 9.59 Å². The van der Waals surface area contributed by atoms with Crippen molar-refractivity contribution >= 4 is 11.8 Å². The standard InChI is InChI=1S/C16H22N2O3/c1-3-17-15(19)10-18(4-2)16(20)13-9-12-7-5-6-8-14(12)21-11-13/h5-8,13H,3-4,9-11H2,1-2H3,(H,17,19). The molecule has 1 aromatic rings. The van der Waals surface area contributed by atoms with Gasteiger partial charge < -0.3 is 15.0 Å². The Morgan fingerprint density at radius 2 is 2.10 bits per heavy atom. The first kappa shape index (κ1) is 15.4. The smallest absolute Gasteiger partial charge is 0.239 e. The lowest BCUT2D eigenvalue weighted by Crippen LogP contribution is -2.45. The number of fused-ring (bicyclic) bond motifs is 1. The van der Waals surface area contributed by atoms with Gasteiger partial charge in [-0.15, -0.1) is 0 Å². The van der Waals surface area contributed by atoms with Gasteiger partial charge in [-0.1, -0.05) is 18.2 Å². The number of amides is 2. The van der Waals surface area contributed by atoms with Gasteiger partial charge in [0.25, 0.3) is 0 Å². The number of ether oxygens (including phenoxy) is 1. The summed E-state index contributed by atoms with van der Waals surface area (Å²) in [6.07, 6.45) is 0.668. The minimum atomic E-state index is -0.214. The Labute approximate surface area is 125 Å². The summed E-state index contributed by atoms with van der Waals surface area (Å²) >= 11 is 0. The third-order valence-corrected chi connectivity index (χ3v) is 3.63. The number of carbonyl (C=O) groups excluding carboxylic acids is 2. The highest BCUT2D eigenvalue weighted by Gasteiger charge is 2.29. The molecule has 21 heavy (non-hydrogen) atoms. The third-order valence-electron chi connectivity index (χ3n) is 3.63. The minimum Gasteiger partial charge on any atom is -0.492 e. The number of hydrogen-bond donors (Lipinski definition) is 1. The fraction of sp³-hybridized carbons (Fsp3) is 0.500. The van der Waals surface area contributed by atoms with Crippen LogP contribution in [0.2, 0.25) is 0 Å². The van der Waals surface area contributed by atoms with Crippen molar-refractivity contribution in [1.29, 1.82) is 0 Å². The molecule has 2 rings (SSSR count). The second-order valence-electron chi connectivity index (χ2n) is 5.13.